The van der Waals surface area contributed by atoms with Gasteiger partial charge in [0.15, 0.2) is 11.5 Å². The predicted octanol–water partition coefficient (Wildman–Crippen LogP) is 4.87. The number of hydrogen-bond donors (Lipinski definition) is 1. The Balaban J connectivity index is 1.88. The minimum absolute atomic E-state index is 0.0158. The van der Waals surface area contributed by atoms with Crippen LogP contribution in [0.4, 0.5) is 20.3 Å². The standard InChI is InChI=1S/C32H34F2N8O2/c1-8-24(43)40-13-19(7)41(14-18(40)6)30-20-12-22(34)28(25-21(33)10-9-11-23(25)35)38-31(20)42(32(44)39-30)29-26(16(2)3)36-15-37-27(29)17(4)5/h8-12,15,17-19H,1-2,13-14,35H2,3-7H3/t18-,19+/m1/s1. The largest absolute Gasteiger partial charge is 0.398 e. The highest BCUT2D eigenvalue weighted by Gasteiger charge is 2.34. The van der Waals surface area contributed by atoms with Crippen LogP contribution in [-0.2, 0) is 4.79 Å². The number of carbonyl (C=O) groups excluding carboxylic acids is 1. The number of allylic oxidation sites excluding steroid dienone is 1. The maximum absolute atomic E-state index is 16.0. The molecule has 0 aliphatic carbocycles. The molecule has 12 heteroatoms. The summed E-state index contributed by atoms with van der Waals surface area (Å²) in [6, 6.07) is 4.65. The highest BCUT2D eigenvalue weighted by Crippen LogP contribution is 2.36. The van der Waals surface area contributed by atoms with Gasteiger partial charge < -0.3 is 15.5 Å². The van der Waals surface area contributed by atoms with Gasteiger partial charge in [0.1, 0.15) is 29.3 Å². The summed E-state index contributed by atoms with van der Waals surface area (Å²) in [4.78, 5) is 48.1. The lowest BCUT2D eigenvalue weighted by Gasteiger charge is -2.44. The second-order valence-electron chi connectivity index (χ2n) is 11.4. The second kappa shape index (κ2) is 11.6. The van der Waals surface area contributed by atoms with Crippen molar-refractivity contribution < 1.29 is 13.6 Å². The summed E-state index contributed by atoms with van der Waals surface area (Å²) in [6.45, 7) is 17.6. The Morgan fingerprint density at radius 1 is 1.11 bits per heavy atom. The smallest absolute Gasteiger partial charge is 0.355 e. The Kier molecular flexibility index (Phi) is 8.02. The minimum Gasteiger partial charge on any atom is -0.398 e. The van der Waals surface area contributed by atoms with Gasteiger partial charge in [-0.05, 0) is 56.5 Å². The Morgan fingerprint density at radius 3 is 2.48 bits per heavy atom. The molecule has 1 aliphatic heterocycles. The predicted molar refractivity (Wildman–Crippen MR) is 167 cm³/mol. The summed E-state index contributed by atoms with van der Waals surface area (Å²) in [5, 5.41) is 0.203. The summed E-state index contributed by atoms with van der Waals surface area (Å²) in [5.41, 5.74) is 6.56. The molecule has 5 rings (SSSR count). The van der Waals surface area contributed by atoms with Crippen LogP contribution >= 0.6 is 0 Å². The molecule has 1 aliphatic rings. The number of nitrogens with zero attached hydrogens (tertiary/aromatic N) is 7. The first-order chi connectivity index (χ1) is 20.8. The Labute approximate surface area is 253 Å². The highest BCUT2D eigenvalue weighted by molar-refractivity contribution is 5.92. The van der Waals surface area contributed by atoms with Gasteiger partial charge in [-0.15, -0.1) is 0 Å². The number of amides is 1. The van der Waals surface area contributed by atoms with Crippen molar-refractivity contribution in [3.63, 3.8) is 0 Å². The van der Waals surface area contributed by atoms with E-state index >= 15 is 8.78 Å². The van der Waals surface area contributed by atoms with Gasteiger partial charge in [-0.3, -0.25) is 4.79 Å². The third kappa shape index (κ3) is 5.10. The summed E-state index contributed by atoms with van der Waals surface area (Å²) < 4.78 is 32.4. The van der Waals surface area contributed by atoms with Crippen LogP contribution in [0.5, 0.6) is 0 Å². The van der Waals surface area contributed by atoms with Crippen LogP contribution in [0.15, 0.2) is 54.6 Å². The Morgan fingerprint density at radius 2 is 1.84 bits per heavy atom. The van der Waals surface area contributed by atoms with Gasteiger partial charge in [0.2, 0.25) is 5.91 Å². The minimum atomic E-state index is -0.850. The average molecular weight is 601 g/mol. The fourth-order valence-electron chi connectivity index (χ4n) is 5.69. The lowest BCUT2D eigenvalue weighted by molar-refractivity contribution is -0.128. The van der Waals surface area contributed by atoms with Crippen LogP contribution in [0, 0.1) is 11.6 Å². The number of nitrogens with two attached hydrogens (primary N) is 1. The number of piperazine rings is 1. The van der Waals surface area contributed by atoms with Gasteiger partial charge in [0.25, 0.3) is 0 Å². The molecule has 0 saturated carbocycles. The summed E-state index contributed by atoms with van der Waals surface area (Å²) in [6.07, 6.45) is 2.65. The lowest BCUT2D eigenvalue weighted by atomic mass is 10.0. The van der Waals surface area contributed by atoms with E-state index in [0.717, 1.165) is 6.07 Å². The monoisotopic (exact) mass is 600 g/mol. The van der Waals surface area contributed by atoms with Crippen LogP contribution in [0.2, 0.25) is 0 Å². The van der Waals surface area contributed by atoms with E-state index in [4.69, 9.17) is 5.73 Å². The van der Waals surface area contributed by atoms with E-state index in [-0.39, 0.29) is 57.7 Å². The van der Waals surface area contributed by atoms with Crippen molar-refractivity contribution in [2.45, 2.75) is 52.6 Å². The number of nitrogen functional groups attached to an aromatic ring is 1. The number of rotatable bonds is 6. The number of anilines is 2. The zero-order valence-electron chi connectivity index (χ0n) is 25.3. The first kappa shape index (κ1) is 30.5. The van der Waals surface area contributed by atoms with Gasteiger partial charge in [0, 0.05) is 30.9 Å². The van der Waals surface area contributed by atoms with Gasteiger partial charge in [-0.25, -0.2) is 33.1 Å². The molecular weight excluding hydrogens is 566 g/mol. The van der Waals surface area contributed by atoms with Gasteiger partial charge in [-0.2, -0.15) is 4.98 Å². The summed E-state index contributed by atoms with van der Waals surface area (Å²) in [5.74, 6) is -1.80. The molecule has 0 bridgehead atoms. The van der Waals surface area contributed by atoms with Crippen molar-refractivity contribution in [2.75, 3.05) is 23.7 Å². The first-order valence-electron chi connectivity index (χ1n) is 14.2. The van der Waals surface area contributed by atoms with E-state index in [9.17, 15) is 9.59 Å². The van der Waals surface area contributed by atoms with Crippen molar-refractivity contribution in [3.05, 3.63) is 83.3 Å². The number of aromatic nitrogens is 5. The third-order valence-corrected chi connectivity index (χ3v) is 7.83. The van der Waals surface area contributed by atoms with Crippen molar-refractivity contribution in [1.29, 1.82) is 0 Å². The maximum atomic E-state index is 16.0. The van der Waals surface area contributed by atoms with E-state index in [0.29, 0.717) is 35.7 Å². The normalized spacial score (nSPS) is 16.9. The molecule has 0 radical (unpaired) electrons. The van der Waals surface area contributed by atoms with Crippen LogP contribution in [-0.4, -0.2) is 60.5 Å². The number of pyridine rings is 1. The molecule has 44 heavy (non-hydrogen) atoms. The van der Waals surface area contributed by atoms with Crippen LogP contribution in [0.25, 0.3) is 33.6 Å². The second-order valence-corrected chi connectivity index (χ2v) is 11.4. The van der Waals surface area contributed by atoms with E-state index in [1.807, 2.05) is 32.6 Å². The Hall–Kier alpha value is -5.00. The Bertz CT molecular complexity index is 1870. The SMILES string of the molecule is C=CC(=O)N1C[C@H](C)N(c2nc(=O)n(-c3c(C(=C)C)ncnc3C(C)C)c3nc(-c4c(N)cccc4F)c(F)cc23)C[C@H]1C. The van der Waals surface area contributed by atoms with Gasteiger partial charge in [0.05, 0.1) is 22.3 Å². The van der Waals surface area contributed by atoms with E-state index < -0.39 is 17.3 Å². The van der Waals surface area contributed by atoms with Crippen LogP contribution in [0.1, 0.15) is 51.9 Å². The fraction of sp³-hybridized carbons (Fsp3) is 0.312. The summed E-state index contributed by atoms with van der Waals surface area (Å²) >= 11 is 0. The molecular formula is C32H34F2N8O2. The van der Waals surface area contributed by atoms with Gasteiger partial charge >= 0.3 is 5.69 Å². The number of carbonyl (C=O) groups is 1. The van der Waals surface area contributed by atoms with E-state index in [1.54, 1.807) is 11.8 Å². The highest BCUT2D eigenvalue weighted by atomic mass is 19.1. The zero-order valence-corrected chi connectivity index (χ0v) is 25.3. The molecule has 4 aromatic rings. The van der Waals surface area contributed by atoms with Crippen LogP contribution < -0.4 is 16.3 Å². The van der Waals surface area contributed by atoms with Gasteiger partial charge in [-0.1, -0.05) is 33.1 Å². The van der Waals surface area contributed by atoms with Crippen molar-refractivity contribution in [1.82, 2.24) is 29.4 Å². The number of fused-ring (bicyclic) bond motifs is 1. The molecule has 1 aromatic carbocycles. The van der Waals surface area contributed by atoms with E-state index in [1.165, 1.54) is 35.2 Å². The molecule has 1 amide bonds. The number of halogens is 2. The molecule has 2 atom stereocenters. The molecule has 228 valence electrons. The number of benzene rings is 1. The topological polar surface area (TPSA) is 123 Å². The maximum Gasteiger partial charge on any atom is 0.355 e. The van der Waals surface area contributed by atoms with Crippen molar-refractivity contribution in [3.8, 4) is 16.9 Å². The first-order valence-corrected chi connectivity index (χ1v) is 14.2. The number of hydrogen-bond acceptors (Lipinski definition) is 8. The molecule has 10 nitrogen and oxygen atoms in total. The average Bonchev–Trinajstić information content (AvgIpc) is 2.97. The van der Waals surface area contributed by atoms with E-state index in [2.05, 4.69) is 33.1 Å². The zero-order chi connectivity index (χ0) is 32.0. The van der Waals surface area contributed by atoms with Crippen molar-refractivity contribution >= 4 is 34.0 Å². The van der Waals surface area contributed by atoms with Crippen LogP contribution in [0.3, 0.4) is 0 Å². The summed E-state index contributed by atoms with van der Waals surface area (Å²) in [7, 11) is 0. The molecule has 2 N–H and O–H groups in total. The molecule has 1 fully saturated rings. The molecule has 0 spiro atoms. The fourth-order valence-corrected chi connectivity index (χ4v) is 5.69. The molecule has 0 unspecified atom stereocenters. The molecule has 1 saturated heterocycles. The van der Waals surface area contributed by atoms with Crippen molar-refractivity contribution in [2.24, 2.45) is 0 Å². The molecule has 4 heterocycles. The molecule has 3 aromatic heterocycles. The quantitative estimate of drug-likeness (QED) is 0.246. The third-order valence-electron chi connectivity index (χ3n) is 7.83. The lowest BCUT2D eigenvalue weighted by Crippen LogP contribution is -2.58.